The van der Waals surface area contributed by atoms with Gasteiger partial charge in [-0.15, -0.1) is 0 Å². The molecule has 44 heavy (non-hydrogen) atoms. The second-order valence-electron chi connectivity index (χ2n) is 11.0. The minimum Gasteiger partial charge on any atom is -0.394 e. The summed E-state index contributed by atoms with van der Waals surface area (Å²) in [5.41, 5.74) is 4.21. The van der Waals surface area contributed by atoms with Gasteiger partial charge in [0, 0.05) is 0 Å². The Bertz CT molecular complexity index is 1430. The van der Waals surface area contributed by atoms with E-state index in [1.165, 1.54) is 0 Å². The van der Waals surface area contributed by atoms with Crippen molar-refractivity contribution in [2.45, 2.75) is 43.2 Å². The fourth-order valence-electron chi connectivity index (χ4n) is 6.00. The van der Waals surface area contributed by atoms with E-state index in [1.54, 1.807) is 0 Å². The van der Waals surface area contributed by atoms with Crippen LogP contribution in [0.3, 0.4) is 0 Å². The average molecular weight is 587 g/mol. The van der Waals surface area contributed by atoms with Crippen LogP contribution in [-0.2, 0) is 37.8 Å². The van der Waals surface area contributed by atoms with E-state index in [2.05, 4.69) is 36.4 Å². The second kappa shape index (κ2) is 14.6. The van der Waals surface area contributed by atoms with Gasteiger partial charge in [0.05, 0.1) is 26.4 Å². The highest BCUT2D eigenvalue weighted by Crippen LogP contribution is 2.41. The molecule has 224 valence electrons. The van der Waals surface area contributed by atoms with E-state index < -0.39 is 30.0 Å². The molecule has 4 atom stereocenters. The molecule has 0 aromatic heterocycles. The summed E-state index contributed by atoms with van der Waals surface area (Å²) in [7, 11) is 0. The third-order valence-corrected chi connectivity index (χ3v) is 8.16. The molecule has 5 nitrogen and oxygen atoms in total. The lowest BCUT2D eigenvalue weighted by Gasteiger charge is -2.37. The first kappa shape index (κ1) is 29.9. The molecule has 0 spiro atoms. The first-order valence-electron chi connectivity index (χ1n) is 15.2. The highest BCUT2D eigenvalue weighted by Gasteiger charge is 2.48. The molecule has 1 aliphatic rings. The summed E-state index contributed by atoms with van der Waals surface area (Å²) in [5.74, 6) is 0. The maximum absolute atomic E-state index is 10.4. The van der Waals surface area contributed by atoms with Gasteiger partial charge in [-0.25, -0.2) is 0 Å². The van der Waals surface area contributed by atoms with Gasteiger partial charge in [0.25, 0.3) is 0 Å². The Labute approximate surface area is 259 Å². The third-order valence-electron chi connectivity index (χ3n) is 8.16. The Kier molecular flexibility index (Phi) is 9.93. The van der Waals surface area contributed by atoms with Crippen LogP contribution in [0.1, 0.15) is 27.8 Å². The second-order valence-corrected chi connectivity index (χ2v) is 11.0. The van der Waals surface area contributed by atoms with Crippen molar-refractivity contribution in [3.8, 4) is 0 Å². The summed E-state index contributed by atoms with van der Waals surface area (Å²) >= 11 is 0. The van der Waals surface area contributed by atoms with E-state index in [-0.39, 0.29) is 13.2 Å². The predicted octanol–water partition coefficient (Wildman–Crippen LogP) is 6.93. The van der Waals surface area contributed by atoms with Gasteiger partial charge in [-0.3, -0.25) is 0 Å². The van der Waals surface area contributed by atoms with Gasteiger partial charge in [0.2, 0.25) is 0 Å². The minimum atomic E-state index is -0.908. The fraction of sp³-hybridized carbons (Fsp3) is 0.231. The molecule has 0 amide bonds. The number of hydrogen-bond donors (Lipinski definition) is 1. The van der Waals surface area contributed by atoms with Crippen molar-refractivity contribution >= 4 is 0 Å². The van der Waals surface area contributed by atoms with E-state index in [4.69, 9.17) is 18.9 Å². The Hall–Kier alpha value is -4.10. The monoisotopic (exact) mass is 586 g/mol. The summed E-state index contributed by atoms with van der Waals surface area (Å²) in [6.07, 6.45) is -2.02. The van der Waals surface area contributed by atoms with Gasteiger partial charge in [-0.05, 0) is 27.8 Å². The first-order chi connectivity index (χ1) is 21.8. The summed E-state index contributed by atoms with van der Waals surface area (Å²) in [6.45, 7) is 0.782. The maximum atomic E-state index is 10.4. The highest BCUT2D eigenvalue weighted by atomic mass is 16.6. The van der Waals surface area contributed by atoms with Gasteiger partial charge in [0.15, 0.2) is 0 Å². The van der Waals surface area contributed by atoms with Gasteiger partial charge < -0.3 is 24.1 Å². The van der Waals surface area contributed by atoms with Gasteiger partial charge in [-0.1, -0.05) is 152 Å². The summed E-state index contributed by atoms with van der Waals surface area (Å²) in [4.78, 5) is 0. The van der Waals surface area contributed by atoms with Gasteiger partial charge in [0.1, 0.15) is 30.0 Å². The van der Waals surface area contributed by atoms with Crippen molar-refractivity contribution in [3.05, 3.63) is 179 Å². The standard InChI is InChI=1S/C39H38O5/c40-26-35-37(41-27-30-16-6-1-7-17-30)38(42-28-31-18-8-2-9-19-31)36(44-35)29-43-39(32-20-10-3-11-21-32,33-22-12-4-13-23-33)34-24-14-5-15-25-34/h1-25,35-38,40H,26-29H2/t35-,36-,37-,38-/m1/s1. The van der Waals surface area contributed by atoms with E-state index in [0.29, 0.717) is 13.2 Å². The topological polar surface area (TPSA) is 57.2 Å². The Morgan fingerprint density at radius 1 is 0.500 bits per heavy atom. The average Bonchev–Trinajstić information content (AvgIpc) is 3.45. The van der Waals surface area contributed by atoms with Crippen LogP contribution in [0.4, 0.5) is 0 Å². The van der Waals surface area contributed by atoms with Crippen molar-refractivity contribution in [2.75, 3.05) is 13.2 Å². The third kappa shape index (κ3) is 6.68. The molecule has 0 radical (unpaired) electrons. The molecule has 6 rings (SSSR count). The van der Waals surface area contributed by atoms with Gasteiger partial charge >= 0.3 is 0 Å². The molecule has 1 fully saturated rings. The minimum absolute atomic E-state index is 0.192. The molecule has 0 aliphatic carbocycles. The molecule has 5 aromatic rings. The lowest BCUT2D eigenvalue weighted by atomic mass is 9.80. The zero-order valence-corrected chi connectivity index (χ0v) is 24.7. The van der Waals surface area contributed by atoms with Crippen LogP contribution < -0.4 is 0 Å². The van der Waals surface area contributed by atoms with E-state index >= 15 is 0 Å². The van der Waals surface area contributed by atoms with Crippen molar-refractivity contribution in [3.63, 3.8) is 0 Å². The smallest absolute Gasteiger partial charge is 0.143 e. The molecule has 0 bridgehead atoms. The summed E-state index contributed by atoms with van der Waals surface area (Å²) < 4.78 is 26.6. The lowest BCUT2D eigenvalue weighted by Crippen LogP contribution is -2.42. The number of rotatable bonds is 13. The van der Waals surface area contributed by atoms with E-state index in [9.17, 15) is 5.11 Å². The van der Waals surface area contributed by atoms with Crippen LogP contribution in [0.2, 0.25) is 0 Å². The van der Waals surface area contributed by atoms with Gasteiger partial charge in [-0.2, -0.15) is 0 Å². The zero-order valence-electron chi connectivity index (χ0n) is 24.7. The lowest BCUT2D eigenvalue weighted by molar-refractivity contribution is -0.105. The molecule has 5 aromatic carbocycles. The Morgan fingerprint density at radius 2 is 0.864 bits per heavy atom. The fourth-order valence-corrected chi connectivity index (χ4v) is 6.00. The molecule has 1 N–H and O–H groups in total. The van der Waals surface area contributed by atoms with Crippen molar-refractivity contribution in [1.29, 1.82) is 0 Å². The quantitative estimate of drug-likeness (QED) is 0.152. The molecule has 0 unspecified atom stereocenters. The SMILES string of the molecule is OC[C@H]1O[C@H](COC(c2ccccc2)(c2ccccc2)c2ccccc2)[C@@H](OCc2ccccc2)[C@@H]1OCc1ccccc1. The number of aliphatic hydroxyl groups is 1. The molecule has 1 heterocycles. The Balaban J connectivity index is 1.33. The van der Waals surface area contributed by atoms with Crippen LogP contribution in [0.25, 0.3) is 0 Å². The van der Waals surface area contributed by atoms with E-state index in [0.717, 1.165) is 27.8 Å². The number of hydrogen-bond acceptors (Lipinski definition) is 5. The number of benzene rings is 5. The highest BCUT2D eigenvalue weighted by molar-refractivity contribution is 5.47. The molecular weight excluding hydrogens is 548 g/mol. The molecule has 1 saturated heterocycles. The number of aliphatic hydroxyl groups excluding tert-OH is 1. The Morgan fingerprint density at radius 3 is 1.25 bits per heavy atom. The normalized spacial score (nSPS) is 20.0. The van der Waals surface area contributed by atoms with Crippen LogP contribution in [0, 0.1) is 0 Å². The summed E-state index contributed by atoms with van der Waals surface area (Å²) in [6, 6.07) is 50.9. The maximum Gasteiger partial charge on any atom is 0.143 e. The largest absolute Gasteiger partial charge is 0.394 e. The zero-order chi connectivity index (χ0) is 30.0. The predicted molar refractivity (Wildman–Crippen MR) is 171 cm³/mol. The van der Waals surface area contributed by atoms with Crippen molar-refractivity contribution < 1.29 is 24.1 Å². The molecular formula is C39H38O5. The molecule has 1 aliphatic heterocycles. The van der Waals surface area contributed by atoms with Crippen LogP contribution in [0.15, 0.2) is 152 Å². The van der Waals surface area contributed by atoms with Crippen LogP contribution in [-0.4, -0.2) is 42.7 Å². The van der Waals surface area contributed by atoms with Crippen LogP contribution >= 0.6 is 0 Å². The molecule has 5 heteroatoms. The number of ether oxygens (including phenoxy) is 4. The van der Waals surface area contributed by atoms with Crippen molar-refractivity contribution in [2.24, 2.45) is 0 Å². The van der Waals surface area contributed by atoms with E-state index in [1.807, 2.05) is 115 Å². The first-order valence-corrected chi connectivity index (χ1v) is 15.2. The van der Waals surface area contributed by atoms with Crippen molar-refractivity contribution in [1.82, 2.24) is 0 Å². The summed E-state index contributed by atoms with van der Waals surface area (Å²) in [5, 5.41) is 10.4. The molecule has 0 saturated carbocycles. The van der Waals surface area contributed by atoms with Crippen LogP contribution in [0.5, 0.6) is 0 Å².